The largest absolute Gasteiger partial charge is 0.478 e. The fourth-order valence-corrected chi connectivity index (χ4v) is 4.02. The zero-order valence-electron chi connectivity index (χ0n) is 18.8. The van der Waals surface area contributed by atoms with Crippen molar-refractivity contribution in [1.29, 1.82) is 0 Å². The van der Waals surface area contributed by atoms with Gasteiger partial charge in [0.1, 0.15) is 0 Å². The Labute approximate surface area is 205 Å². The summed E-state index contributed by atoms with van der Waals surface area (Å²) in [6.07, 6.45) is -1.68. The van der Waals surface area contributed by atoms with Crippen LogP contribution in [0.5, 0.6) is 0 Å². The molecule has 0 radical (unpaired) electrons. The standard InChI is InChI=1S/C27H23N3O6/c28-22-10-13(25(31)32)1-4-19(22)16-7-17(20-5-2-14(26(33)34)11-23(20)29)9-18(8-16)21-6-3-15(27(35)36)12-24(21)30/h1-12,25,31-32H,28-30H2,(H,33,34)(H,35,36). The predicted molar refractivity (Wildman–Crippen MR) is 137 cm³/mol. The smallest absolute Gasteiger partial charge is 0.335 e. The Balaban J connectivity index is 1.95. The van der Waals surface area contributed by atoms with Gasteiger partial charge in [0.15, 0.2) is 6.29 Å². The van der Waals surface area contributed by atoms with Gasteiger partial charge < -0.3 is 37.6 Å². The van der Waals surface area contributed by atoms with E-state index in [9.17, 15) is 30.0 Å². The van der Waals surface area contributed by atoms with Crippen molar-refractivity contribution >= 4 is 29.0 Å². The van der Waals surface area contributed by atoms with E-state index in [1.807, 2.05) is 18.2 Å². The van der Waals surface area contributed by atoms with E-state index in [2.05, 4.69) is 0 Å². The fraction of sp³-hybridized carbons (Fsp3) is 0.0370. The van der Waals surface area contributed by atoms with Gasteiger partial charge in [0.05, 0.1) is 11.1 Å². The number of nitrogens with two attached hydrogens (primary N) is 3. The first-order valence-corrected chi connectivity index (χ1v) is 10.7. The average molecular weight is 485 g/mol. The summed E-state index contributed by atoms with van der Waals surface area (Å²) in [7, 11) is 0. The molecule has 0 heterocycles. The molecule has 0 unspecified atom stereocenters. The van der Waals surface area contributed by atoms with Crippen LogP contribution >= 0.6 is 0 Å². The number of carbonyl (C=O) groups is 2. The molecular formula is C27H23N3O6. The zero-order valence-corrected chi connectivity index (χ0v) is 18.8. The Morgan fingerprint density at radius 3 is 1.22 bits per heavy atom. The van der Waals surface area contributed by atoms with Gasteiger partial charge in [-0.15, -0.1) is 0 Å². The summed E-state index contributed by atoms with van der Waals surface area (Å²) in [5.41, 5.74) is 23.4. The second kappa shape index (κ2) is 9.41. The average Bonchev–Trinajstić information content (AvgIpc) is 2.83. The molecule has 0 bridgehead atoms. The number of rotatable bonds is 6. The van der Waals surface area contributed by atoms with Crippen LogP contribution < -0.4 is 17.2 Å². The SMILES string of the molecule is Nc1cc(C(=O)O)ccc1-c1cc(-c2ccc(C(=O)O)cc2N)cc(-c2ccc(C(O)O)cc2N)c1. The maximum Gasteiger partial charge on any atom is 0.335 e. The van der Waals surface area contributed by atoms with Crippen molar-refractivity contribution in [3.63, 3.8) is 0 Å². The van der Waals surface area contributed by atoms with E-state index < -0.39 is 18.2 Å². The third-order valence-corrected chi connectivity index (χ3v) is 5.84. The Morgan fingerprint density at radius 2 is 0.917 bits per heavy atom. The molecule has 0 spiro atoms. The highest BCUT2D eigenvalue weighted by atomic mass is 16.5. The van der Waals surface area contributed by atoms with Crippen molar-refractivity contribution in [3.8, 4) is 33.4 Å². The van der Waals surface area contributed by atoms with Crippen molar-refractivity contribution in [2.45, 2.75) is 6.29 Å². The van der Waals surface area contributed by atoms with Gasteiger partial charge in [-0.25, -0.2) is 9.59 Å². The van der Waals surface area contributed by atoms with Crippen LogP contribution in [0.4, 0.5) is 17.1 Å². The molecule has 0 fully saturated rings. The molecule has 0 aliphatic heterocycles. The molecule has 0 aromatic heterocycles. The number of hydrogen-bond donors (Lipinski definition) is 7. The summed E-state index contributed by atoms with van der Waals surface area (Å²) in [6, 6.07) is 18.9. The first kappa shape index (κ1) is 24.3. The molecular weight excluding hydrogens is 462 g/mol. The van der Waals surface area contributed by atoms with E-state index in [1.165, 1.54) is 36.4 Å². The number of aromatic carboxylic acids is 2. The van der Waals surface area contributed by atoms with Crippen LogP contribution in [0, 0.1) is 0 Å². The Bertz CT molecular complexity index is 1430. The molecule has 0 aliphatic carbocycles. The lowest BCUT2D eigenvalue weighted by Gasteiger charge is -2.16. The van der Waals surface area contributed by atoms with Gasteiger partial charge in [0.2, 0.25) is 0 Å². The van der Waals surface area contributed by atoms with E-state index in [0.29, 0.717) is 39.1 Å². The molecule has 4 rings (SSSR count). The summed E-state index contributed by atoms with van der Waals surface area (Å²) in [5, 5.41) is 37.5. The topological polar surface area (TPSA) is 193 Å². The Hall–Kier alpha value is -4.86. The van der Waals surface area contributed by atoms with Crippen LogP contribution in [0.2, 0.25) is 0 Å². The van der Waals surface area contributed by atoms with Crippen LogP contribution in [0.15, 0.2) is 72.8 Å². The molecule has 182 valence electrons. The van der Waals surface area contributed by atoms with Crippen molar-refractivity contribution in [2.24, 2.45) is 0 Å². The molecule has 0 aliphatic rings. The maximum atomic E-state index is 11.3. The minimum atomic E-state index is -1.68. The second-order valence-electron chi connectivity index (χ2n) is 8.23. The molecule has 0 amide bonds. The molecule has 0 saturated heterocycles. The first-order valence-electron chi connectivity index (χ1n) is 10.7. The highest BCUT2D eigenvalue weighted by Crippen LogP contribution is 2.39. The first-order chi connectivity index (χ1) is 17.0. The molecule has 36 heavy (non-hydrogen) atoms. The van der Waals surface area contributed by atoms with E-state index in [0.717, 1.165) is 0 Å². The summed E-state index contributed by atoms with van der Waals surface area (Å²) in [6.45, 7) is 0. The molecule has 10 N–H and O–H groups in total. The summed E-state index contributed by atoms with van der Waals surface area (Å²) in [5.74, 6) is -2.21. The third kappa shape index (κ3) is 4.69. The maximum absolute atomic E-state index is 11.3. The van der Waals surface area contributed by atoms with Gasteiger partial charge in [-0.2, -0.15) is 0 Å². The number of carboxylic acids is 2. The number of aliphatic hydroxyl groups is 2. The lowest BCUT2D eigenvalue weighted by Crippen LogP contribution is -2.01. The third-order valence-electron chi connectivity index (χ3n) is 5.84. The molecule has 4 aromatic carbocycles. The number of carboxylic acid groups (broad SMARTS) is 2. The van der Waals surface area contributed by atoms with Crippen LogP contribution in [0.1, 0.15) is 32.6 Å². The highest BCUT2D eigenvalue weighted by molar-refractivity contribution is 5.95. The fourth-order valence-electron chi connectivity index (χ4n) is 4.02. The number of aliphatic hydroxyl groups excluding tert-OH is 1. The van der Waals surface area contributed by atoms with Crippen molar-refractivity contribution in [2.75, 3.05) is 17.2 Å². The second-order valence-corrected chi connectivity index (χ2v) is 8.23. The van der Waals surface area contributed by atoms with Gasteiger partial charge in [-0.3, -0.25) is 0 Å². The van der Waals surface area contributed by atoms with Gasteiger partial charge in [0, 0.05) is 39.3 Å². The van der Waals surface area contributed by atoms with Gasteiger partial charge in [-0.05, 0) is 65.2 Å². The summed E-state index contributed by atoms with van der Waals surface area (Å²) in [4.78, 5) is 22.7. The van der Waals surface area contributed by atoms with Crippen LogP contribution in [-0.4, -0.2) is 32.4 Å². The molecule has 9 nitrogen and oxygen atoms in total. The van der Waals surface area contributed by atoms with E-state index in [4.69, 9.17) is 17.2 Å². The number of hydrogen-bond acceptors (Lipinski definition) is 7. The number of nitrogen functional groups attached to an aromatic ring is 3. The highest BCUT2D eigenvalue weighted by Gasteiger charge is 2.16. The zero-order chi connectivity index (χ0) is 26.1. The van der Waals surface area contributed by atoms with Crippen molar-refractivity contribution < 1.29 is 30.0 Å². The quantitative estimate of drug-likeness (QED) is 0.157. The molecule has 0 saturated carbocycles. The predicted octanol–water partition coefficient (Wildman–Crippen LogP) is 3.81. The molecule has 4 aromatic rings. The van der Waals surface area contributed by atoms with E-state index in [-0.39, 0.29) is 28.1 Å². The lowest BCUT2D eigenvalue weighted by atomic mass is 9.90. The normalized spacial score (nSPS) is 11.0. The van der Waals surface area contributed by atoms with E-state index in [1.54, 1.807) is 18.2 Å². The van der Waals surface area contributed by atoms with Crippen molar-refractivity contribution in [3.05, 3.63) is 89.5 Å². The monoisotopic (exact) mass is 485 g/mol. The minimum Gasteiger partial charge on any atom is -0.478 e. The van der Waals surface area contributed by atoms with Crippen molar-refractivity contribution in [1.82, 2.24) is 0 Å². The number of benzene rings is 4. The molecule has 0 atom stereocenters. The lowest BCUT2D eigenvalue weighted by molar-refractivity contribution is -0.0424. The Kier molecular flexibility index (Phi) is 6.35. The molecule has 9 heteroatoms. The minimum absolute atomic E-state index is 0.0449. The van der Waals surface area contributed by atoms with Crippen LogP contribution in [0.3, 0.4) is 0 Å². The van der Waals surface area contributed by atoms with Gasteiger partial charge in [-0.1, -0.05) is 24.3 Å². The van der Waals surface area contributed by atoms with Gasteiger partial charge >= 0.3 is 11.9 Å². The summed E-state index contributed by atoms with van der Waals surface area (Å²) >= 11 is 0. The van der Waals surface area contributed by atoms with E-state index >= 15 is 0 Å². The van der Waals surface area contributed by atoms with Crippen LogP contribution in [-0.2, 0) is 0 Å². The number of anilines is 3. The van der Waals surface area contributed by atoms with Gasteiger partial charge in [0.25, 0.3) is 0 Å². The summed E-state index contributed by atoms with van der Waals surface area (Å²) < 4.78 is 0. The van der Waals surface area contributed by atoms with Crippen LogP contribution in [0.25, 0.3) is 33.4 Å². The Morgan fingerprint density at radius 1 is 0.556 bits per heavy atom.